The second-order valence-electron chi connectivity index (χ2n) is 7.56. The van der Waals surface area contributed by atoms with E-state index in [0.717, 1.165) is 61.4 Å². The number of aromatic amines is 1. The van der Waals surface area contributed by atoms with Gasteiger partial charge in [0.1, 0.15) is 23.8 Å². The van der Waals surface area contributed by atoms with E-state index < -0.39 is 0 Å². The third-order valence-corrected chi connectivity index (χ3v) is 5.82. The fourth-order valence-corrected chi connectivity index (χ4v) is 4.45. The molecule has 5 rings (SSSR count). The summed E-state index contributed by atoms with van der Waals surface area (Å²) in [4.78, 5) is 29.4. The molecule has 0 radical (unpaired) electrons. The van der Waals surface area contributed by atoms with Crippen molar-refractivity contribution in [2.75, 3.05) is 29.9 Å². The molecule has 2 N–H and O–H groups in total. The van der Waals surface area contributed by atoms with Crippen LogP contribution >= 0.6 is 0 Å². The van der Waals surface area contributed by atoms with Crippen molar-refractivity contribution < 1.29 is 4.79 Å². The summed E-state index contributed by atoms with van der Waals surface area (Å²) in [5.74, 6) is 1.17. The largest absolute Gasteiger partial charge is 0.374 e. The summed E-state index contributed by atoms with van der Waals surface area (Å²) in [7, 11) is 0. The molecule has 7 nitrogen and oxygen atoms in total. The van der Waals surface area contributed by atoms with E-state index in [-0.39, 0.29) is 18.0 Å². The number of rotatable bonds is 4. The van der Waals surface area contributed by atoms with Crippen LogP contribution in [0.4, 0.5) is 11.5 Å². The highest BCUT2D eigenvalue weighted by Gasteiger charge is 2.37. The number of carbonyl (C=O) groups is 1. The van der Waals surface area contributed by atoms with Crippen molar-refractivity contribution in [1.82, 2.24) is 19.9 Å². The Kier molecular flexibility index (Phi) is 4.35. The topological polar surface area (TPSA) is 77.2 Å². The van der Waals surface area contributed by atoms with Gasteiger partial charge >= 0.3 is 0 Å². The van der Waals surface area contributed by atoms with Gasteiger partial charge in [-0.3, -0.25) is 4.79 Å². The average Bonchev–Trinajstić information content (AvgIpc) is 3.36. The van der Waals surface area contributed by atoms with Gasteiger partial charge in [0.05, 0.1) is 5.39 Å². The van der Waals surface area contributed by atoms with Gasteiger partial charge in [-0.2, -0.15) is 0 Å². The SMILES string of the molecule is O=C1C(Nc2ccccc2)CCN1C1CCCN(c2ncnc3[nH]ccc23)C1. The Labute approximate surface area is 163 Å². The fourth-order valence-electron chi connectivity index (χ4n) is 4.45. The van der Waals surface area contributed by atoms with Gasteiger partial charge in [-0.1, -0.05) is 18.2 Å². The summed E-state index contributed by atoms with van der Waals surface area (Å²) < 4.78 is 0. The molecule has 1 amide bonds. The van der Waals surface area contributed by atoms with Crippen LogP contribution in [0, 0.1) is 0 Å². The van der Waals surface area contributed by atoms with Crippen LogP contribution in [0.15, 0.2) is 48.9 Å². The van der Waals surface area contributed by atoms with E-state index in [0.29, 0.717) is 0 Å². The molecule has 0 spiro atoms. The Morgan fingerprint density at radius 3 is 2.86 bits per heavy atom. The Balaban J connectivity index is 1.30. The third kappa shape index (κ3) is 3.06. The molecule has 2 fully saturated rings. The molecule has 2 aliphatic rings. The molecular weight excluding hydrogens is 352 g/mol. The second-order valence-corrected chi connectivity index (χ2v) is 7.56. The number of H-pyrrole nitrogens is 1. The molecular formula is C21H24N6O. The van der Waals surface area contributed by atoms with Crippen LogP contribution in [0.1, 0.15) is 19.3 Å². The van der Waals surface area contributed by atoms with Crippen LogP contribution < -0.4 is 10.2 Å². The molecule has 144 valence electrons. The Morgan fingerprint density at radius 2 is 1.96 bits per heavy atom. The zero-order chi connectivity index (χ0) is 18.9. The quantitative estimate of drug-likeness (QED) is 0.732. The predicted octanol–water partition coefficient (Wildman–Crippen LogP) is 2.64. The smallest absolute Gasteiger partial charge is 0.245 e. The zero-order valence-electron chi connectivity index (χ0n) is 15.7. The monoisotopic (exact) mass is 376 g/mol. The molecule has 2 aromatic heterocycles. The number of hydrogen-bond donors (Lipinski definition) is 2. The molecule has 3 aromatic rings. The highest BCUT2D eigenvalue weighted by Crippen LogP contribution is 2.28. The first-order valence-electron chi connectivity index (χ1n) is 9.95. The number of benzene rings is 1. The molecule has 0 bridgehead atoms. The standard InChI is InChI=1S/C21H24N6O/c28-21-18(25-15-5-2-1-3-6-15)9-12-27(21)16-7-4-11-26(13-16)20-17-8-10-22-19(17)23-14-24-20/h1-3,5-6,8,10,14,16,18,25H,4,7,9,11-13H2,(H,22,23,24). The van der Waals surface area contributed by atoms with Crippen LogP contribution in [0.25, 0.3) is 11.0 Å². The van der Waals surface area contributed by atoms with Gasteiger partial charge in [-0.15, -0.1) is 0 Å². The van der Waals surface area contributed by atoms with E-state index in [1.165, 1.54) is 0 Å². The van der Waals surface area contributed by atoms with E-state index in [2.05, 4.69) is 30.1 Å². The van der Waals surface area contributed by atoms with Gasteiger partial charge in [-0.05, 0) is 37.5 Å². The maximum Gasteiger partial charge on any atom is 0.245 e. The number of aromatic nitrogens is 3. The maximum atomic E-state index is 13.0. The first-order valence-corrected chi connectivity index (χ1v) is 9.95. The van der Waals surface area contributed by atoms with Crippen molar-refractivity contribution in [1.29, 1.82) is 0 Å². The van der Waals surface area contributed by atoms with Gasteiger partial charge in [0.25, 0.3) is 0 Å². The molecule has 7 heteroatoms. The maximum absolute atomic E-state index is 13.0. The number of amides is 1. The minimum Gasteiger partial charge on any atom is -0.374 e. The molecule has 1 aromatic carbocycles. The predicted molar refractivity (Wildman–Crippen MR) is 109 cm³/mol. The summed E-state index contributed by atoms with van der Waals surface area (Å²) in [6, 6.07) is 12.1. The van der Waals surface area contributed by atoms with Crippen molar-refractivity contribution in [3.05, 3.63) is 48.9 Å². The lowest BCUT2D eigenvalue weighted by molar-refractivity contribution is -0.130. The number of likely N-dealkylation sites (tertiary alicyclic amines) is 1. The first kappa shape index (κ1) is 17.0. The Morgan fingerprint density at radius 1 is 1.07 bits per heavy atom. The van der Waals surface area contributed by atoms with Crippen molar-refractivity contribution in [3.8, 4) is 0 Å². The number of nitrogens with zero attached hydrogens (tertiary/aromatic N) is 4. The molecule has 2 unspecified atom stereocenters. The van der Waals surface area contributed by atoms with E-state index in [9.17, 15) is 4.79 Å². The molecule has 2 atom stereocenters. The van der Waals surface area contributed by atoms with Gasteiger partial charge in [0, 0.05) is 37.6 Å². The van der Waals surface area contributed by atoms with Crippen LogP contribution in [-0.2, 0) is 4.79 Å². The summed E-state index contributed by atoms with van der Waals surface area (Å²) in [5, 5.41) is 4.43. The number of carbonyl (C=O) groups excluding carboxylic acids is 1. The van der Waals surface area contributed by atoms with Crippen LogP contribution in [0.2, 0.25) is 0 Å². The lowest BCUT2D eigenvalue weighted by atomic mass is 10.0. The van der Waals surface area contributed by atoms with Crippen molar-refractivity contribution >= 4 is 28.4 Å². The highest BCUT2D eigenvalue weighted by atomic mass is 16.2. The summed E-state index contributed by atoms with van der Waals surface area (Å²) in [6.07, 6.45) is 6.45. The van der Waals surface area contributed by atoms with Crippen molar-refractivity contribution in [2.24, 2.45) is 0 Å². The van der Waals surface area contributed by atoms with E-state index in [1.807, 2.05) is 42.6 Å². The van der Waals surface area contributed by atoms with Gasteiger partial charge in [0.2, 0.25) is 5.91 Å². The molecule has 28 heavy (non-hydrogen) atoms. The molecule has 2 aliphatic heterocycles. The van der Waals surface area contributed by atoms with Gasteiger partial charge < -0.3 is 20.1 Å². The van der Waals surface area contributed by atoms with Gasteiger partial charge in [0.15, 0.2) is 0 Å². The van der Waals surface area contributed by atoms with E-state index >= 15 is 0 Å². The number of hydrogen-bond acceptors (Lipinski definition) is 5. The normalized spacial score (nSPS) is 22.8. The van der Waals surface area contributed by atoms with Crippen molar-refractivity contribution in [2.45, 2.75) is 31.3 Å². The fraction of sp³-hybridized carbons (Fsp3) is 0.381. The summed E-state index contributed by atoms with van der Waals surface area (Å²) in [5.41, 5.74) is 1.86. The third-order valence-electron chi connectivity index (χ3n) is 5.82. The van der Waals surface area contributed by atoms with E-state index in [4.69, 9.17) is 0 Å². The van der Waals surface area contributed by atoms with Crippen molar-refractivity contribution in [3.63, 3.8) is 0 Å². The van der Waals surface area contributed by atoms with Crippen LogP contribution in [-0.4, -0.2) is 57.5 Å². The molecule has 2 saturated heterocycles. The lowest BCUT2D eigenvalue weighted by Crippen LogP contribution is -2.50. The average molecular weight is 376 g/mol. The van der Waals surface area contributed by atoms with Crippen LogP contribution in [0.5, 0.6) is 0 Å². The van der Waals surface area contributed by atoms with Gasteiger partial charge in [-0.25, -0.2) is 9.97 Å². The second kappa shape index (κ2) is 7.14. The molecule has 0 saturated carbocycles. The number of para-hydroxylation sites is 1. The number of nitrogens with one attached hydrogen (secondary N) is 2. The number of piperidine rings is 1. The number of anilines is 2. The lowest BCUT2D eigenvalue weighted by Gasteiger charge is -2.38. The minimum atomic E-state index is -0.131. The molecule has 4 heterocycles. The molecule has 0 aliphatic carbocycles. The van der Waals surface area contributed by atoms with Crippen LogP contribution in [0.3, 0.4) is 0 Å². The number of fused-ring (bicyclic) bond motifs is 1. The summed E-state index contributed by atoms with van der Waals surface area (Å²) in [6.45, 7) is 2.59. The first-order chi connectivity index (χ1) is 13.8. The Hall–Kier alpha value is -3.09. The Bertz CT molecular complexity index is 971. The zero-order valence-corrected chi connectivity index (χ0v) is 15.7. The minimum absolute atomic E-state index is 0.131. The summed E-state index contributed by atoms with van der Waals surface area (Å²) >= 11 is 0. The van der Waals surface area contributed by atoms with E-state index in [1.54, 1.807) is 6.33 Å². The highest BCUT2D eigenvalue weighted by molar-refractivity contribution is 5.88.